The Morgan fingerprint density at radius 3 is 2.75 bits per heavy atom. The van der Waals surface area contributed by atoms with Gasteiger partial charge in [-0.3, -0.25) is 4.98 Å². The maximum Gasteiger partial charge on any atom is 0.342 e. The van der Waals surface area contributed by atoms with Crippen molar-refractivity contribution in [1.82, 2.24) is 4.98 Å². The highest BCUT2D eigenvalue weighted by atomic mass is 19.3. The number of hydrogen-bond acceptors (Lipinski definition) is 4. The molecule has 0 saturated heterocycles. The van der Waals surface area contributed by atoms with Gasteiger partial charge in [-0.1, -0.05) is 0 Å². The van der Waals surface area contributed by atoms with Crippen LogP contribution in [0.1, 0.15) is 35.0 Å². The minimum Gasteiger partial charge on any atom is -0.462 e. The maximum absolute atomic E-state index is 12.6. The monoisotopic (exact) mass is 230 g/mol. The van der Waals surface area contributed by atoms with Crippen molar-refractivity contribution >= 4 is 11.7 Å². The smallest absolute Gasteiger partial charge is 0.342 e. The first-order valence-electron chi connectivity index (χ1n) is 4.69. The maximum atomic E-state index is 12.6. The second kappa shape index (κ2) is 4.87. The van der Waals surface area contributed by atoms with Crippen LogP contribution in [0.25, 0.3) is 0 Å². The first kappa shape index (κ1) is 12.4. The summed E-state index contributed by atoms with van der Waals surface area (Å²) < 4.78 is 29.9. The zero-order chi connectivity index (χ0) is 12.3. The Morgan fingerprint density at radius 1 is 1.62 bits per heavy atom. The van der Waals surface area contributed by atoms with E-state index in [0.717, 1.165) is 0 Å². The third-order valence-electron chi connectivity index (χ3n) is 2.03. The van der Waals surface area contributed by atoms with Gasteiger partial charge < -0.3 is 10.5 Å². The molecule has 0 saturated carbocycles. The lowest BCUT2D eigenvalue weighted by atomic mass is 10.1. The third-order valence-corrected chi connectivity index (χ3v) is 2.03. The number of aryl methyl sites for hydroxylation is 1. The minimum atomic E-state index is -2.86. The molecule has 0 bridgehead atoms. The third kappa shape index (κ3) is 2.26. The van der Waals surface area contributed by atoms with E-state index in [1.54, 1.807) is 13.8 Å². The van der Waals surface area contributed by atoms with Gasteiger partial charge in [0.15, 0.2) is 0 Å². The molecule has 0 spiro atoms. The molecule has 0 amide bonds. The summed E-state index contributed by atoms with van der Waals surface area (Å²) in [6.07, 6.45) is -1.65. The summed E-state index contributed by atoms with van der Waals surface area (Å²) in [5.74, 6) is -0.869. The molecule has 1 aromatic rings. The molecule has 0 aromatic carbocycles. The lowest BCUT2D eigenvalue weighted by molar-refractivity contribution is 0.0515. The molecule has 2 N–H and O–H groups in total. The number of nitrogens with zero attached hydrogens (tertiary/aromatic N) is 1. The highest BCUT2D eigenvalue weighted by Gasteiger charge is 2.24. The largest absolute Gasteiger partial charge is 0.462 e. The molecule has 6 heteroatoms. The van der Waals surface area contributed by atoms with Gasteiger partial charge in [-0.25, -0.2) is 13.6 Å². The van der Waals surface area contributed by atoms with Gasteiger partial charge in [-0.05, 0) is 19.4 Å². The van der Waals surface area contributed by atoms with Crippen molar-refractivity contribution in [3.05, 3.63) is 23.0 Å². The van der Waals surface area contributed by atoms with Crippen LogP contribution < -0.4 is 5.73 Å². The predicted molar refractivity (Wildman–Crippen MR) is 54.3 cm³/mol. The summed E-state index contributed by atoms with van der Waals surface area (Å²) in [6, 6.07) is 0. The van der Waals surface area contributed by atoms with Crippen LogP contribution in [0.4, 0.5) is 14.5 Å². The van der Waals surface area contributed by atoms with Crippen LogP contribution in [0.3, 0.4) is 0 Å². The van der Waals surface area contributed by atoms with E-state index in [1.807, 2.05) is 0 Å². The molecule has 0 aliphatic rings. The molecule has 0 aliphatic heterocycles. The van der Waals surface area contributed by atoms with Crippen LogP contribution in [0.15, 0.2) is 6.20 Å². The fourth-order valence-electron chi connectivity index (χ4n) is 1.22. The first-order chi connectivity index (χ1) is 7.49. The van der Waals surface area contributed by atoms with E-state index in [0.29, 0.717) is 5.56 Å². The molecule has 4 nitrogen and oxygen atoms in total. The van der Waals surface area contributed by atoms with Crippen molar-refractivity contribution in [2.45, 2.75) is 20.3 Å². The second-order valence-corrected chi connectivity index (χ2v) is 3.14. The fourth-order valence-corrected chi connectivity index (χ4v) is 1.22. The van der Waals surface area contributed by atoms with Crippen molar-refractivity contribution in [3.8, 4) is 0 Å². The van der Waals surface area contributed by atoms with Gasteiger partial charge in [-0.2, -0.15) is 0 Å². The predicted octanol–water partition coefficient (Wildman–Crippen LogP) is 2.09. The zero-order valence-electron chi connectivity index (χ0n) is 8.96. The van der Waals surface area contributed by atoms with Gasteiger partial charge in [0.25, 0.3) is 6.43 Å². The van der Waals surface area contributed by atoms with Crippen molar-refractivity contribution in [2.24, 2.45) is 0 Å². The molecule has 1 heterocycles. The molecule has 1 rings (SSSR count). The number of carbonyl (C=O) groups excluding carboxylic acids is 1. The summed E-state index contributed by atoms with van der Waals surface area (Å²) in [5, 5.41) is 0. The second-order valence-electron chi connectivity index (χ2n) is 3.14. The average molecular weight is 230 g/mol. The molecule has 0 fully saturated rings. The van der Waals surface area contributed by atoms with Crippen molar-refractivity contribution in [3.63, 3.8) is 0 Å². The van der Waals surface area contributed by atoms with Crippen LogP contribution in [0.5, 0.6) is 0 Å². The van der Waals surface area contributed by atoms with E-state index in [4.69, 9.17) is 5.73 Å². The summed E-state index contributed by atoms with van der Waals surface area (Å²) >= 11 is 0. The van der Waals surface area contributed by atoms with Crippen LogP contribution >= 0.6 is 0 Å². The number of aromatic nitrogens is 1. The number of carbonyl (C=O) groups is 1. The number of nitrogens with two attached hydrogens (primary N) is 1. The molecule has 16 heavy (non-hydrogen) atoms. The first-order valence-corrected chi connectivity index (χ1v) is 4.69. The lowest BCUT2D eigenvalue weighted by Crippen LogP contribution is -2.14. The summed E-state index contributed by atoms with van der Waals surface area (Å²) in [5.41, 5.74) is 5.06. The summed E-state index contributed by atoms with van der Waals surface area (Å²) in [7, 11) is 0. The molecule has 0 atom stereocenters. The van der Waals surface area contributed by atoms with Gasteiger partial charge in [0.1, 0.15) is 11.3 Å². The van der Waals surface area contributed by atoms with E-state index >= 15 is 0 Å². The van der Waals surface area contributed by atoms with Crippen LogP contribution in [-0.2, 0) is 4.74 Å². The normalized spacial score (nSPS) is 10.6. The van der Waals surface area contributed by atoms with Gasteiger partial charge in [0.05, 0.1) is 12.3 Å². The number of rotatable bonds is 3. The summed E-state index contributed by atoms with van der Waals surface area (Å²) in [6.45, 7) is 3.26. The van der Waals surface area contributed by atoms with E-state index in [9.17, 15) is 13.6 Å². The van der Waals surface area contributed by atoms with E-state index in [2.05, 4.69) is 9.72 Å². The summed E-state index contributed by atoms with van der Waals surface area (Å²) in [4.78, 5) is 15.0. The van der Waals surface area contributed by atoms with Crippen LogP contribution in [0.2, 0.25) is 0 Å². The standard InChI is InChI=1S/C10H12F2N2O2/c1-3-16-10(15)6-7(13)5(2)4-14-8(6)9(11)12/h4,9H,3H2,1-2H3,(H2,13,14). The fraction of sp³-hybridized carbons (Fsp3) is 0.400. The molecule has 0 radical (unpaired) electrons. The Balaban J connectivity index is 3.31. The molecule has 0 aliphatic carbocycles. The Kier molecular flexibility index (Phi) is 3.76. The number of pyridine rings is 1. The SMILES string of the molecule is CCOC(=O)c1c(C(F)F)ncc(C)c1N. The quantitative estimate of drug-likeness (QED) is 0.807. The Labute approximate surface area is 91.4 Å². The van der Waals surface area contributed by atoms with E-state index in [1.165, 1.54) is 6.20 Å². The molecule has 0 unspecified atom stereocenters. The molecular formula is C10H12F2N2O2. The Bertz CT molecular complexity index is 408. The number of hydrogen-bond donors (Lipinski definition) is 1. The highest BCUT2D eigenvalue weighted by molar-refractivity contribution is 5.97. The van der Waals surface area contributed by atoms with Gasteiger partial charge in [0.2, 0.25) is 0 Å². The van der Waals surface area contributed by atoms with E-state index < -0.39 is 18.1 Å². The van der Waals surface area contributed by atoms with Gasteiger partial charge in [0, 0.05) is 6.20 Å². The Hall–Kier alpha value is -1.72. The zero-order valence-corrected chi connectivity index (χ0v) is 8.96. The number of anilines is 1. The minimum absolute atomic E-state index is 0.0104. The number of nitrogen functional groups attached to an aromatic ring is 1. The van der Waals surface area contributed by atoms with Gasteiger partial charge >= 0.3 is 5.97 Å². The van der Waals surface area contributed by atoms with Crippen LogP contribution in [-0.4, -0.2) is 17.6 Å². The Morgan fingerprint density at radius 2 is 2.25 bits per heavy atom. The number of esters is 1. The highest BCUT2D eigenvalue weighted by Crippen LogP contribution is 2.27. The van der Waals surface area contributed by atoms with Gasteiger partial charge in [-0.15, -0.1) is 0 Å². The molecule has 1 aromatic heterocycles. The van der Waals surface area contributed by atoms with Crippen molar-refractivity contribution in [2.75, 3.05) is 12.3 Å². The lowest BCUT2D eigenvalue weighted by Gasteiger charge is -2.11. The average Bonchev–Trinajstić information content (AvgIpc) is 2.21. The van der Waals surface area contributed by atoms with Crippen LogP contribution in [0, 0.1) is 6.92 Å². The number of halogens is 2. The number of ether oxygens (including phenoxy) is 1. The number of alkyl halides is 2. The molecular weight excluding hydrogens is 218 g/mol. The topological polar surface area (TPSA) is 65.2 Å². The van der Waals surface area contributed by atoms with E-state index in [-0.39, 0.29) is 17.9 Å². The van der Waals surface area contributed by atoms with Crippen molar-refractivity contribution < 1.29 is 18.3 Å². The van der Waals surface area contributed by atoms with Crippen molar-refractivity contribution in [1.29, 1.82) is 0 Å². The molecule has 88 valence electrons.